The summed E-state index contributed by atoms with van der Waals surface area (Å²) in [6, 6.07) is 0.470. The van der Waals surface area contributed by atoms with Crippen LogP contribution in [0.25, 0.3) is 0 Å². The van der Waals surface area contributed by atoms with E-state index in [0.29, 0.717) is 12.1 Å². The normalized spacial score (nSPS) is 29.9. The Labute approximate surface area is 134 Å². The molecule has 1 aliphatic carbocycles. The van der Waals surface area contributed by atoms with Crippen LogP contribution in [-0.4, -0.2) is 43.0 Å². The van der Waals surface area contributed by atoms with Crippen LogP contribution in [-0.2, 0) is 9.47 Å². The first-order valence-corrected chi connectivity index (χ1v) is 8.78. The quantitative estimate of drug-likeness (QED) is 0.784. The third-order valence-corrected chi connectivity index (χ3v) is 4.35. The van der Waals surface area contributed by atoms with E-state index in [0.717, 1.165) is 38.8 Å². The monoisotopic (exact) mass is 312 g/mol. The second kappa shape index (κ2) is 8.16. The molecule has 1 aliphatic heterocycles. The van der Waals surface area contributed by atoms with Crippen LogP contribution >= 0.6 is 0 Å². The zero-order valence-electron chi connectivity index (χ0n) is 14.3. The fourth-order valence-corrected chi connectivity index (χ4v) is 3.27. The molecule has 22 heavy (non-hydrogen) atoms. The lowest BCUT2D eigenvalue weighted by Crippen LogP contribution is -2.51. The first kappa shape index (κ1) is 17.5. The van der Waals surface area contributed by atoms with Gasteiger partial charge in [-0.05, 0) is 46.5 Å². The zero-order chi connectivity index (χ0) is 16.0. The second-order valence-electron chi connectivity index (χ2n) is 7.54. The number of hydrogen-bond donors (Lipinski definition) is 2. The van der Waals surface area contributed by atoms with Gasteiger partial charge in [-0.1, -0.05) is 19.3 Å². The van der Waals surface area contributed by atoms with Gasteiger partial charge in [-0.3, -0.25) is 0 Å². The Morgan fingerprint density at radius 2 is 1.82 bits per heavy atom. The van der Waals surface area contributed by atoms with E-state index >= 15 is 0 Å². The summed E-state index contributed by atoms with van der Waals surface area (Å²) in [6.45, 7) is 7.46. The summed E-state index contributed by atoms with van der Waals surface area (Å²) >= 11 is 0. The maximum Gasteiger partial charge on any atom is 0.407 e. The molecule has 5 heteroatoms. The van der Waals surface area contributed by atoms with Crippen LogP contribution < -0.4 is 10.6 Å². The van der Waals surface area contributed by atoms with Crippen molar-refractivity contribution in [2.75, 3.05) is 13.2 Å². The van der Waals surface area contributed by atoms with Crippen LogP contribution in [0.1, 0.15) is 65.7 Å². The predicted octanol–water partition coefficient (Wildman–Crippen LogP) is 2.98. The van der Waals surface area contributed by atoms with E-state index in [1.54, 1.807) is 0 Å². The molecule has 0 bridgehead atoms. The van der Waals surface area contributed by atoms with Crippen LogP contribution in [0, 0.1) is 0 Å². The number of alkyl carbamates (subject to hydrolysis) is 1. The SMILES string of the molecule is CC(C)(C)OC(=O)NC1CCCCCC1NCC1CCCO1. The summed E-state index contributed by atoms with van der Waals surface area (Å²) < 4.78 is 11.1. The molecule has 2 aliphatic rings. The van der Waals surface area contributed by atoms with Crippen LogP contribution in [0.15, 0.2) is 0 Å². The van der Waals surface area contributed by atoms with E-state index in [4.69, 9.17) is 9.47 Å². The van der Waals surface area contributed by atoms with Crippen LogP contribution in [0.2, 0.25) is 0 Å². The molecule has 5 nitrogen and oxygen atoms in total. The van der Waals surface area contributed by atoms with Gasteiger partial charge >= 0.3 is 6.09 Å². The van der Waals surface area contributed by atoms with Crippen LogP contribution in [0.5, 0.6) is 0 Å². The Balaban J connectivity index is 1.84. The van der Waals surface area contributed by atoms with Crippen molar-refractivity contribution in [1.29, 1.82) is 0 Å². The van der Waals surface area contributed by atoms with Crippen molar-refractivity contribution in [1.82, 2.24) is 10.6 Å². The minimum atomic E-state index is -0.449. The Morgan fingerprint density at radius 1 is 1.09 bits per heavy atom. The highest BCUT2D eigenvalue weighted by Crippen LogP contribution is 2.20. The van der Waals surface area contributed by atoms with Crippen molar-refractivity contribution in [3.63, 3.8) is 0 Å². The maximum atomic E-state index is 12.1. The molecule has 3 atom stereocenters. The van der Waals surface area contributed by atoms with E-state index in [9.17, 15) is 4.79 Å². The summed E-state index contributed by atoms with van der Waals surface area (Å²) in [6.07, 6.45) is 8.09. The molecule has 2 N–H and O–H groups in total. The van der Waals surface area contributed by atoms with Gasteiger partial charge in [0.1, 0.15) is 5.60 Å². The molecule has 0 spiro atoms. The molecule has 0 radical (unpaired) electrons. The van der Waals surface area contributed by atoms with Crippen molar-refractivity contribution in [2.24, 2.45) is 0 Å². The number of ether oxygens (including phenoxy) is 2. The minimum absolute atomic E-state index is 0.152. The van der Waals surface area contributed by atoms with E-state index in [-0.39, 0.29) is 12.1 Å². The van der Waals surface area contributed by atoms with E-state index in [1.807, 2.05) is 20.8 Å². The van der Waals surface area contributed by atoms with Gasteiger partial charge in [0.15, 0.2) is 0 Å². The van der Waals surface area contributed by atoms with Crippen molar-refractivity contribution < 1.29 is 14.3 Å². The summed E-state index contributed by atoms with van der Waals surface area (Å²) in [5.74, 6) is 0. The molecule has 0 aromatic heterocycles. The van der Waals surface area contributed by atoms with Crippen LogP contribution in [0.4, 0.5) is 4.79 Å². The molecular weight excluding hydrogens is 280 g/mol. The van der Waals surface area contributed by atoms with Gasteiger partial charge in [-0.2, -0.15) is 0 Å². The third kappa shape index (κ3) is 6.13. The third-order valence-electron chi connectivity index (χ3n) is 4.35. The standard InChI is InChI=1S/C17H32N2O3/c1-17(2,3)22-16(20)19-15-10-6-4-5-9-14(15)18-12-13-8-7-11-21-13/h13-15,18H,4-12H2,1-3H3,(H,19,20). The Kier molecular flexibility index (Phi) is 6.50. The number of carbonyl (C=O) groups is 1. The fourth-order valence-electron chi connectivity index (χ4n) is 3.27. The van der Waals surface area contributed by atoms with E-state index in [1.165, 1.54) is 19.3 Å². The second-order valence-corrected chi connectivity index (χ2v) is 7.54. The van der Waals surface area contributed by atoms with Gasteiger partial charge < -0.3 is 20.1 Å². The molecule has 2 rings (SSSR count). The average Bonchev–Trinajstić information content (AvgIpc) is 2.83. The lowest BCUT2D eigenvalue weighted by Gasteiger charge is -2.29. The predicted molar refractivity (Wildman–Crippen MR) is 87.0 cm³/mol. The summed E-state index contributed by atoms with van der Waals surface area (Å²) in [4.78, 5) is 12.1. The number of hydrogen-bond acceptors (Lipinski definition) is 4. The molecule has 2 fully saturated rings. The number of rotatable bonds is 4. The highest BCUT2D eigenvalue weighted by Gasteiger charge is 2.28. The molecule has 128 valence electrons. The van der Waals surface area contributed by atoms with Crippen molar-refractivity contribution in [3.05, 3.63) is 0 Å². The van der Waals surface area contributed by atoms with Gasteiger partial charge in [-0.25, -0.2) is 4.79 Å². The Morgan fingerprint density at radius 3 is 2.45 bits per heavy atom. The van der Waals surface area contributed by atoms with Crippen LogP contribution in [0.3, 0.4) is 0 Å². The molecule has 0 aromatic rings. The lowest BCUT2D eigenvalue weighted by atomic mass is 10.0. The molecule has 0 aromatic carbocycles. The summed E-state index contributed by atoms with van der Waals surface area (Å²) in [5, 5.41) is 6.70. The minimum Gasteiger partial charge on any atom is -0.444 e. The molecular formula is C17H32N2O3. The van der Waals surface area contributed by atoms with Gasteiger partial charge in [0.05, 0.1) is 6.10 Å². The van der Waals surface area contributed by atoms with Crippen molar-refractivity contribution in [3.8, 4) is 0 Å². The first-order chi connectivity index (χ1) is 10.4. The Hall–Kier alpha value is -0.810. The average molecular weight is 312 g/mol. The van der Waals surface area contributed by atoms with Gasteiger partial charge in [-0.15, -0.1) is 0 Å². The van der Waals surface area contributed by atoms with Gasteiger partial charge in [0.2, 0.25) is 0 Å². The van der Waals surface area contributed by atoms with E-state index in [2.05, 4.69) is 10.6 Å². The number of carbonyl (C=O) groups excluding carboxylic acids is 1. The maximum absolute atomic E-state index is 12.1. The fraction of sp³-hybridized carbons (Fsp3) is 0.941. The molecule has 1 heterocycles. The topological polar surface area (TPSA) is 59.6 Å². The van der Waals surface area contributed by atoms with E-state index < -0.39 is 5.60 Å². The van der Waals surface area contributed by atoms with Gasteiger partial charge in [0.25, 0.3) is 0 Å². The number of amides is 1. The first-order valence-electron chi connectivity index (χ1n) is 8.78. The molecule has 3 unspecified atom stereocenters. The zero-order valence-corrected chi connectivity index (χ0v) is 14.3. The highest BCUT2D eigenvalue weighted by atomic mass is 16.6. The van der Waals surface area contributed by atoms with Crippen molar-refractivity contribution in [2.45, 2.75) is 89.5 Å². The smallest absolute Gasteiger partial charge is 0.407 e. The largest absolute Gasteiger partial charge is 0.444 e. The molecule has 1 saturated carbocycles. The van der Waals surface area contributed by atoms with Crippen molar-refractivity contribution >= 4 is 6.09 Å². The lowest BCUT2D eigenvalue weighted by molar-refractivity contribution is 0.0486. The van der Waals surface area contributed by atoms with Gasteiger partial charge in [0, 0.05) is 25.2 Å². The molecule has 1 saturated heterocycles. The molecule has 1 amide bonds. The highest BCUT2D eigenvalue weighted by molar-refractivity contribution is 5.68. The Bertz CT molecular complexity index is 348. The number of nitrogens with one attached hydrogen (secondary N) is 2. The summed E-state index contributed by atoms with van der Waals surface area (Å²) in [7, 11) is 0. The summed E-state index contributed by atoms with van der Waals surface area (Å²) in [5.41, 5.74) is -0.449.